The first-order valence-corrected chi connectivity index (χ1v) is 10.4. The number of nitrogens with zero attached hydrogens (tertiary/aromatic N) is 1. The number of aromatic nitrogens is 1. The fourth-order valence-corrected chi connectivity index (χ4v) is 3.21. The Balaban J connectivity index is 1.74. The third-order valence-corrected chi connectivity index (χ3v) is 4.73. The molecule has 0 spiro atoms. The Bertz CT molecular complexity index is 930. The molecule has 1 heterocycles. The fraction of sp³-hybridized carbons (Fsp3) is 0.280. The molecular weight excluding hydrogens is 376 g/mol. The van der Waals surface area contributed by atoms with Gasteiger partial charge >= 0.3 is 0 Å². The number of hydrogen-bond donors (Lipinski definition) is 1. The Hall–Kier alpha value is -3.34. The Kier molecular flexibility index (Phi) is 7.84. The number of hydrogen-bond acceptors (Lipinski definition) is 4. The summed E-state index contributed by atoms with van der Waals surface area (Å²) >= 11 is 0. The Morgan fingerprint density at radius 2 is 1.73 bits per heavy atom. The van der Waals surface area contributed by atoms with E-state index in [1.165, 1.54) is 0 Å². The largest absolute Gasteiger partial charge is 0.490 e. The maximum Gasteiger partial charge on any atom is 0.251 e. The van der Waals surface area contributed by atoms with Crippen LogP contribution < -0.4 is 14.8 Å². The van der Waals surface area contributed by atoms with Gasteiger partial charge in [0.05, 0.1) is 12.6 Å². The Labute approximate surface area is 178 Å². The highest BCUT2D eigenvalue weighted by Gasteiger charge is 2.17. The molecule has 3 aromatic rings. The molecule has 5 heteroatoms. The van der Waals surface area contributed by atoms with Crippen molar-refractivity contribution in [2.24, 2.45) is 0 Å². The third-order valence-electron chi connectivity index (χ3n) is 4.73. The number of carbonyl (C=O) groups is 1. The Morgan fingerprint density at radius 3 is 2.43 bits per heavy atom. The summed E-state index contributed by atoms with van der Waals surface area (Å²) in [5.74, 6) is 1.04. The van der Waals surface area contributed by atoms with Crippen LogP contribution in [0.4, 0.5) is 0 Å². The maximum atomic E-state index is 12.9. The zero-order chi connectivity index (χ0) is 21.2. The lowest BCUT2D eigenvalue weighted by molar-refractivity contribution is 0.0934. The average molecular weight is 405 g/mol. The van der Waals surface area contributed by atoms with Crippen LogP contribution in [0, 0.1) is 0 Å². The van der Waals surface area contributed by atoms with Gasteiger partial charge in [0.25, 0.3) is 5.91 Å². The number of amides is 1. The summed E-state index contributed by atoms with van der Waals surface area (Å²) in [4.78, 5) is 16.9. The standard InChI is InChI=1S/C25H28N2O3/c1-3-8-22(20-9-6-5-7-10-20)27-25(28)21-11-12-23(24(17-21)29-4-2)30-18-19-13-15-26-16-14-19/h5-7,9-17,22H,3-4,8,18H2,1-2H3,(H,27,28). The minimum Gasteiger partial charge on any atom is -0.490 e. The molecule has 0 saturated carbocycles. The zero-order valence-electron chi connectivity index (χ0n) is 17.5. The van der Waals surface area contributed by atoms with Gasteiger partial charge in [-0.2, -0.15) is 0 Å². The van der Waals surface area contributed by atoms with Crippen molar-refractivity contribution in [2.45, 2.75) is 39.3 Å². The first-order valence-electron chi connectivity index (χ1n) is 10.4. The number of pyridine rings is 1. The molecule has 0 aliphatic heterocycles. The number of carbonyl (C=O) groups excluding carboxylic acids is 1. The molecule has 0 radical (unpaired) electrons. The lowest BCUT2D eigenvalue weighted by atomic mass is 10.0. The summed E-state index contributed by atoms with van der Waals surface area (Å²) in [6.07, 6.45) is 5.32. The SMILES string of the molecule is CCCC(NC(=O)c1ccc(OCc2ccncc2)c(OCC)c1)c1ccccc1. The molecule has 0 aliphatic rings. The second-order valence-corrected chi connectivity index (χ2v) is 6.96. The molecule has 2 aromatic carbocycles. The molecule has 1 atom stereocenters. The highest BCUT2D eigenvalue weighted by molar-refractivity contribution is 5.95. The average Bonchev–Trinajstić information content (AvgIpc) is 2.79. The number of nitrogens with one attached hydrogen (secondary N) is 1. The molecule has 0 saturated heterocycles. The third kappa shape index (κ3) is 5.83. The highest BCUT2D eigenvalue weighted by Crippen LogP contribution is 2.30. The lowest BCUT2D eigenvalue weighted by Gasteiger charge is -2.19. The lowest BCUT2D eigenvalue weighted by Crippen LogP contribution is -2.28. The van der Waals surface area contributed by atoms with Gasteiger partial charge in [0.2, 0.25) is 0 Å². The van der Waals surface area contributed by atoms with Crippen LogP contribution in [0.25, 0.3) is 0 Å². The first-order chi connectivity index (χ1) is 14.7. The summed E-state index contributed by atoms with van der Waals surface area (Å²) in [7, 11) is 0. The van der Waals surface area contributed by atoms with E-state index >= 15 is 0 Å². The zero-order valence-corrected chi connectivity index (χ0v) is 17.5. The summed E-state index contributed by atoms with van der Waals surface area (Å²) in [5, 5.41) is 3.15. The van der Waals surface area contributed by atoms with E-state index in [1.54, 1.807) is 30.6 Å². The van der Waals surface area contributed by atoms with Crippen LogP contribution in [0.5, 0.6) is 11.5 Å². The van der Waals surface area contributed by atoms with Crippen molar-refractivity contribution in [2.75, 3.05) is 6.61 Å². The van der Waals surface area contributed by atoms with Crippen LogP contribution in [0.15, 0.2) is 73.1 Å². The topological polar surface area (TPSA) is 60.5 Å². The number of benzene rings is 2. The van der Waals surface area contributed by atoms with Gasteiger partial charge < -0.3 is 14.8 Å². The van der Waals surface area contributed by atoms with Crippen molar-refractivity contribution in [3.05, 3.63) is 89.7 Å². The van der Waals surface area contributed by atoms with Gasteiger partial charge in [-0.05, 0) is 54.8 Å². The second-order valence-electron chi connectivity index (χ2n) is 6.96. The predicted octanol–water partition coefficient (Wildman–Crippen LogP) is 5.33. The van der Waals surface area contributed by atoms with Gasteiger partial charge in [0.15, 0.2) is 11.5 Å². The smallest absolute Gasteiger partial charge is 0.251 e. The van der Waals surface area contributed by atoms with Crippen LogP contribution in [0.2, 0.25) is 0 Å². The molecule has 156 valence electrons. The van der Waals surface area contributed by atoms with Crippen molar-refractivity contribution >= 4 is 5.91 Å². The normalized spacial score (nSPS) is 11.5. The summed E-state index contributed by atoms with van der Waals surface area (Å²) in [6.45, 7) is 4.91. The molecule has 1 amide bonds. The molecule has 0 fully saturated rings. The van der Waals surface area contributed by atoms with E-state index in [1.807, 2.05) is 49.4 Å². The van der Waals surface area contributed by atoms with Crippen LogP contribution in [-0.4, -0.2) is 17.5 Å². The van der Waals surface area contributed by atoms with Crippen molar-refractivity contribution in [1.82, 2.24) is 10.3 Å². The quantitative estimate of drug-likeness (QED) is 0.496. The maximum absolute atomic E-state index is 12.9. The summed E-state index contributed by atoms with van der Waals surface area (Å²) in [5.41, 5.74) is 2.67. The highest BCUT2D eigenvalue weighted by atomic mass is 16.5. The molecule has 5 nitrogen and oxygen atoms in total. The van der Waals surface area contributed by atoms with Crippen molar-refractivity contribution in [3.8, 4) is 11.5 Å². The van der Waals surface area contributed by atoms with Gasteiger partial charge in [-0.3, -0.25) is 9.78 Å². The van der Waals surface area contributed by atoms with Crippen molar-refractivity contribution in [1.29, 1.82) is 0 Å². The van der Waals surface area contributed by atoms with Gasteiger partial charge in [-0.15, -0.1) is 0 Å². The van der Waals surface area contributed by atoms with E-state index in [0.29, 0.717) is 30.3 Å². The molecule has 1 N–H and O–H groups in total. The molecule has 1 unspecified atom stereocenters. The monoisotopic (exact) mass is 404 g/mol. The fourth-order valence-electron chi connectivity index (χ4n) is 3.21. The molecule has 1 aromatic heterocycles. The van der Waals surface area contributed by atoms with Gasteiger partial charge in [0, 0.05) is 18.0 Å². The van der Waals surface area contributed by atoms with E-state index < -0.39 is 0 Å². The number of rotatable bonds is 10. The van der Waals surface area contributed by atoms with E-state index in [0.717, 1.165) is 24.0 Å². The van der Waals surface area contributed by atoms with E-state index in [-0.39, 0.29) is 11.9 Å². The van der Waals surface area contributed by atoms with E-state index in [2.05, 4.69) is 17.2 Å². The van der Waals surface area contributed by atoms with Crippen molar-refractivity contribution in [3.63, 3.8) is 0 Å². The van der Waals surface area contributed by atoms with E-state index in [4.69, 9.17) is 9.47 Å². The van der Waals surface area contributed by atoms with Crippen LogP contribution in [-0.2, 0) is 6.61 Å². The number of ether oxygens (including phenoxy) is 2. The van der Waals surface area contributed by atoms with Gasteiger partial charge in [-0.25, -0.2) is 0 Å². The van der Waals surface area contributed by atoms with Crippen LogP contribution in [0.1, 0.15) is 54.2 Å². The van der Waals surface area contributed by atoms with E-state index in [9.17, 15) is 4.79 Å². The molecule has 3 rings (SSSR count). The summed E-state index contributed by atoms with van der Waals surface area (Å²) < 4.78 is 11.7. The van der Waals surface area contributed by atoms with Gasteiger partial charge in [0.1, 0.15) is 6.61 Å². The minimum atomic E-state index is -0.126. The van der Waals surface area contributed by atoms with Crippen molar-refractivity contribution < 1.29 is 14.3 Å². The second kappa shape index (κ2) is 11.0. The molecule has 0 bridgehead atoms. The minimum absolute atomic E-state index is 0.0261. The van der Waals surface area contributed by atoms with Crippen LogP contribution >= 0.6 is 0 Å². The Morgan fingerprint density at radius 1 is 0.967 bits per heavy atom. The molecule has 0 aliphatic carbocycles. The first kappa shape index (κ1) is 21.4. The predicted molar refractivity (Wildman–Crippen MR) is 118 cm³/mol. The molecule has 30 heavy (non-hydrogen) atoms. The van der Waals surface area contributed by atoms with Crippen LogP contribution in [0.3, 0.4) is 0 Å². The van der Waals surface area contributed by atoms with Gasteiger partial charge in [-0.1, -0.05) is 43.7 Å². The molecular formula is C25H28N2O3. The summed E-state index contributed by atoms with van der Waals surface area (Å²) in [6, 6.07) is 19.1.